The molecule has 0 saturated carbocycles. The number of nitriles is 1. The second-order valence-corrected chi connectivity index (χ2v) is 4.62. The fraction of sp³-hybridized carbons (Fsp3) is 0.462. The first kappa shape index (κ1) is 11.7. The topological polar surface area (TPSA) is 44.0 Å². The van der Waals surface area contributed by atoms with Gasteiger partial charge in [0.15, 0.2) is 0 Å². The number of benzene rings is 1. The Labute approximate surface area is 91.2 Å². The monoisotopic (exact) mass is 203 g/mol. The van der Waals surface area contributed by atoms with Crippen molar-refractivity contribution in [3.8, 4) is 6.07 Å². The Morgan fingerprint density at radius 2 is 1.73 bits per heavy atom. The van der Waals surface area contributed by atoms with E-state index in [0.717, 1.165) is 11.1 Å². The maximum atomic E-state index is 10.5. The van der Waals surface area contributed by atoms with Gasteiger partial charge in [-0.25, -0.2) is 0 Å². The van der Waals surface area contributed by atoms with E-state index in [-0.39, 0.29) is 0 Å². The zero-order valence-electron chi connectivity index (χ0n) is 9.70. The number of aryl methyl sites for hydroxylation is 1. The lowest BCUT2D eigenvalue weighted by Crippen LogP contribution is -2.38. The molecule has 0 fully saturated rings. The first-order chi connectivity index (χ1) is 6.83. The van der Waals surface area contributed by atoms with Gasteiger partial charge in [0.05, 0.1) is 11.5 Å². The fourth-order valence-corrected chi connectivity index (χ4v) is 1.56. The van der Waals surface area contributed by atoms with E-state index in [1.54, 1.807) is 20.8 Å². The minimum atomic E-state index is -1.13. The van der Waals surface area contributed by atoms with Crippen molar-refractivity contribution in [3.05, 3.63) is 35.4 Å². The lowest BCUT2D eigenvalue weighted by molar-refractivity contribution is -0.0272. The Hall–Kier alpha value is -1.33. The van der Waals surface area contributed by atoms with Crippen LogP contribution in [0.2, 0.25) is 0 Å². The molecular formula is C13H17NO. The highest BCUT2D eigenvalue weighted by atomic mass is 16.3. The minimum absolute atomic E-state index is 0.806. The van der Waals surface area contributed by atoms with E-state index >= 15 is 0 Å². The molecule has 80 valence electrons. The van der Waals surface area contributed by atoms with Gasteiger partial charge >= 0.3 is 0 Å². The summed E-state index contributed by atoms with van der Waals surface area (Å²) < 4.78 is 0. The normalized spacial score (nSPS) is 15.5. The van der Waals surface area contributed by atoms with Crippen molar-refractivity contribution in [1.82, 2.24) is 0 Å². The Morgan fingerprint density at radius 1 is 1.20 bits per heavy atom. The van der Waals surface area contributed by atoms with Crippen LogP contribution in [0.3, 0.4) is 0 Å². The van der Waals surface area contributed by atoms with Gasteiger partial charge in [-0.05, 0) is 38.8 Å². The van der Waals surface area contributed by atoms with Crippen molar-refractivity contribution in [2.45, 2.75) is 33.3 Å². The highest BCUT2D eigenvalue weighted by Crippen LogP contribution is 2.39. The first-order valence-corrected chi connectivity index (χ1v) is 5.02. The van der Waals surface area contributed by atoms with E-state index in [1.807, 2.05) is 31.2 Å². The third kappa shape index (κ3) is 1.88. The number of rotatable bonds is 2. The molecule has 0 amide bonds. The molecule has 1 aromatic rings. The molecule has 0 aromatic heterocycles. The molecule has 1 aromatic carbocycles. The molecule has 0 spiro atoms. The van der Waals surface area contributed by atoms with Gasteiger partial charge in [0.1, 0.15) is 5.60 Å². The molecule has 0 radical (unpaired) electrons. The van der Waals surface area contributed by atoms with Crippen LogP contribution in [0, 0.1) is 23.7 Å². The quantitative estimate of drug-likeness (QED) is 0.803. The van der Waals surface area contributed by atoms with E-state index in [2.05, 4.69) is 6.07 Å². The molecule has 1 atom stereocenters. The van der Waals surface area contributed by atoms with Crippen LogP contribution in [-0.4, -0.2) is 5.11 Å². The summed E-state index contributed by atoms with van der Waals surface area (Å²) in [6, 6.07) is 9.77. The van der Waals surface area contributed by atoms with Crippen LogP contribution in [0.15, 0.2) is 24.3 Å². The average molecular weight is 203 g/mol. The maximum Gasteiger partial charge on any atom is 0.105 e. The summed E-state index contributed by atoms with van der Waals surface area (Å²) >= 11 is 0. The van der Waals surface area contributed by atoms with Crippen LogP contribution in [0.1, 0.15) is 31.9 Å². The van der Waals surface area contributed by atoms with Crippen molar-refractivity contribution >= 4 is 0 Å². The molecule has 1 unspecified atom stereocenters. The first-order valence-electron chi connectivity index (χ1n) is 5.02. The second kappa shape index (κ2) is 3.67. The van der Waals surface area contributed by atoms with E-state index in [9.17, 15) is 5.11 Å². The highest BCUT2D eigenvalue weighted by Gasteiger charge is 2.41. The van der Waals surface area contributed by atoms with Gasteiger partial charge in [0.2, 0.25) is 0 Å². The number of nitrogens with zero attached hydrogens (tertiary/aromatic N) is 1. The molecule has 0 saturated heterocycles. The molecular weight excluding hydrogens is 186 g/mol. The summed E-state index contributed by atoms with van der Waals surface area (Å²) in [5, 5.41) is 19.5. The minimum Gasteiger partial charge on any atom is -0.384 e. The van der Waals surface area contributed by atoms with Crippen LogP contribution in [0.25, 0.3) is 0 Å². The van der Waals surface area contributed by atoms with Gasteiger partial charge in [0.25, 0.3) is 0 Å². The molecule has 0 aliphatic rings. The lowest BCUT2D eigenvalue weighted by atomic mass is 9.72. The van der Waals surface area contributed by atoms with E-state index in [4.69, 9.17) is 5.26 Å². The average Bonchev–Trinajstić information content (AvgIpc) is 2.18. The molecule has 2 nitrogen and oxygen atoms in total. The largest absolute Gasteiger partial charge is 0.384 e. The number of hydrogen-bond acceptors (Lipinski definition) is 2. The van der Waals surface area contributed by atoms with Gasteiger partial charge in [-0.2, -0.15) is 5.26 Å². The van der Waals surface area contributed by atoms with Crippen molar-refractivity contribution in [3.63, 3.8) is 0 Å². The summed E-state index contributed by atoms with van der Waals surface area (Å²) in [6.45, 7) is 7.13. The van der Waals surface area contributed by atoms with Crippen molar-refractivity contribution in [2.24, 2.45) is 5.41 Å². The summed E-state index contributed by atoms with van der Waals surface area (Å²) in [7, 11) is 0. The molecule has 0 aliphatic carbocycles. The van der Waals surface area contributed by atoms with Gasteiger partial charge < -0.3 is 5.11 Å². The molecule has 0 heterocycles. The molecule has 0 aliphatic heterocycles. The van der Waals surface area contributed by atoms with Gasteiger partial charge in [-0.1, -0.05) is 24.3 Å². The number of aliphatic hydroxyl groups is 1. The smallest absolute Gasteiger partial charge is 0.105 e. The van der Waals surface area contributed by atoms with Crippen LogP contribution in [0.5, 0.6) is 0 Å². The summed E-state index contributed by atoms with van der Waals surface area (Å²) in [4.78, 5) is 0. The third-order valence-electron chi connectivity index (χ3n) is 3.17. The standard InChI is InChI=1S/C13H17NO/c1-10-7-5-6-8-11(10)13(4,15)12(2,3)9-14/h5-8,15H,1-4H3. The van der Waals surface area contributed by atoms with Gasteiger partial charge in [0, 0.05) is 0 Å². The molecule has 0 bridgehead atoms. The maximum absolute atomic E-state index is 10.5. The van der Waals surface area contributed by atoms with Crippen LogP contribution in [0.4, 0.5) is 0 Å². The van der Waals surface area contributed by atoms with Crippen LogP contribution >= 0.6 is 0 Å². The SMILES string of the molecule is Cc1ccccc1C(C)(O)C(C)(C)C#N. The summed E-state index contributed by atoms with van der Waals surface area (Å²) in [6.07, 6.45) is 0. The lowest BCUT2D eigenvalue weighted by Gasteiger charge is -2.36. The number of hydrogen-bond donors (Lipinski definition) is 1. The molecule has 1 rings (SSSR count). The van der Waals surface area contributed by atoms with Crippen molar-refractivity contribution in [1.29, 1.82) is 5.26 Å². The Morgan fingerprint density at radius 3 is 2.20 bits per heavy atom. The van der Waals surface area contributed by atoms with Gasteiger partial charge in [-0.15, -0.1) is 0 Å². The van der Waals surface area contributed by atoms with E-state index in [1.165, 1.54) is 0 Å². The Kier molecular flexibility index (Phi) is 2.88. The van der Waals surface area contributed by atoms with Crippen LogP contribution < -0.4 is 0 Å². The zero-order valence-corrected chi connectivity index (χ0v) is 9.70. The molecule has 2 heteroatoms. The van der Waals surface area contributed by atoms with E-state index in [0.29, 0.717) is 0 Å². The highest BCUT2D eigenvalue weighted by molar-refractivity contribution is 5.34. The Bertz CT molecular complexity index is 399. The van der Waals surface area contributed by atoms with Gasteiger partial charge in [-0.3, -0.25) is 0 Å². The zero-order chi connectivity index (χ0) is 11.7. The predicted molar refractivity (Wildman–Crippen MR) is 60.1 cm³/mol. The molecule has 1 N–H and O–H groups in total. The summed E-state index contributed by atoms with van der Waals surface area (Å²) in [5.74, 6) is 0. The third-order valence-corrected chi connectivity index (χ3v) is 3.17. The van der Waals surface area contributed by atoms with Crippen molar-refractivity contribution < 1.29 is 5.11 Å². The second-order valence-electron chi connectivity index (χ2n) is 4.62. The predicted octanol–water partition coefficient (Wildman–Crippen LogP) is 2.75. The summed E-state index contributed by atoms with van der Waals surface area (Å²) in [5.41, 5.74) is -0.117. The molecule has 15 heavy (non-hydrogen) atoms. The Balaban J connectivity index is 3.30. The fourth-order valence-electron chi connectivity index (χ4n) is 1.56. The van der Waals surface area contributed by atoms with Crippen LogP contribution in [-0.2, 0) is 5.60 Å². The van der Waals surface area contributed by atoms with Crippen molar-refractivity contribution in [2.75, 3.05) is 0 Å². The van der Waals surface area contributed by atoms with E-state index < -0.39 is 11.0 Å².